The molecule has 9 heteroatoms. The molecule has 3 N–H and O–H groups in total. The van der Waals surface area contributed by atoms with E-state index in [1.807, 2.05) is 0 Å². The van der Waals surface area contributed by atoms with Crippen LogP contribution in [0, 0.1) is 0 Å². The molecule has 1 atom stereocenters. The molecule has 0 radical (unpaired) electrons. The maximum Gasteiger partial charge on any atom is 0.475 e. The predicted octanol–water partition coefficient (Wildman–Crippen LogP) is -1.03. The van der Waals surface area contributed by atoms with Crippen LogP contribution < -0.4 is 4.72 Å². The standard InChI is InChI=1S/C12H17BN2O5S/c16-12(15-8-4-7-11(15)13(17)18)9-14-21(19,20)10-5-2-1-3-6-10/h1-3,5-6,11,14,17-18H,4,7-9H2. The molecule has 1 heterocycles. The molecule has 0 aromatic heterocycles. The van der Waals surface area contributed by atoms with Crippen LogP contribution in [0.25, 0.3) is 0 Å². The summed E-state index contributed by atoms with van der Waals surface area (Å²) in [7, 11) is -5.35. The van der Waals surface area contributed by atoms with Gasteiger partial charge in [0, 0.05) is 6.54 Å². The molecule has 114 valence electrons. The summed E-state index contributed by atoms with van der Waals surface area (Å²) in [4.78, 5) is 13.4. The number of nitrogens with zero attached hydrogens (tertiary/aromatic N) is 1. The zero-order valence-electron chi connectivity index (χ0n) is 11.3. The summed E-state index contributed by atoms with van der Waals surface area (Å²) in [5, 5.41) is 18.4. The van der Waals surface area contributed by atoms with Crippen LogP contribution in [0.2, 0.25) is 0 Å². The first kappa shape index (κ1) is 16.0. The Bertz CT molecular complexity index is 593. The number of sulfonamides is 1. The van der Waals surface area contributed by atoms with E-state index in [1.54, 1.807) is 18.2 Å². The van der Waals surface area contributed by atoms with Crippen LogP contribution in [0.15, 0.2) is 35.2 Å². The van der Waals surface area contributed by atoms with Gasteiger partial charge in [0.1, 0.15) is 0 Å². The Labute approximate surface area is 123 Å². The van der Waals surface area contributed by atoms with Crippen LogP contribution in [-0.4, -0.2) is 55.4 Å². The molecule has 1 fully saturated rings. The summed E-state index contributed by atoms with van der Waals surface area (Å²) >= 11 is 0. The number of benzene rings is 1. The van der Waals surface area contributed by atoms with Crippen LogP contribution in [0.3, 0.4) is 0 Å². The molecule has 21 heavy (non-hydrogen) atoms. The van der Waals surface area contributed by atoms with Crippen LogP contribution in [-0.2, 0) is 14.8 Å². The van der Waals surface area contributed by atoms with Gasteiger partial charge in [-0.25, -0.2) is 13.1 Å². The second-order valence-electron chi connectivity index (χ2n) is 4.85. The van der Waals surface area contributed by atoms with Crippen molar-refractivity contribution in [1.29, 1.82) is 0 Å². The third kappa shape index (κ3) is 3.82. The number of likely N-dealkylation sites (tertiary alicyclic amines) is 1. The fraction of sp³-hybridized carbons (Fsp3) is 0.417. The molecule has 0 bridgehead atoms. The molecule has 1 aromatic carbocycles. The van der Waals surface area contributed by atoms with E-state index in [1.165, 1.54) is 17.0 Å². The highest BCUT2D eigenvalue weighted by atomic mass is 32.2. The van der Waals surface area contributed by atoms with E-state index in [0.717, 1.165) is 0 Å². The van der Waals surface area contributed by atoms with Crippen molar-refractivity contribution in [3.05, 3.63) is 30.3 Å². The molecule has 0 spiro atoms. The highest BCUT2D eigenvalue weighted by Gasteiger charge is 2.36. The van der Waals surface area contributed by atoms with Crippen LogP contribution >= 0.6 is 0 Å². The lowest BCUT2D eigenvalue weighted by atomic mass is 9.78. The minimum Gasteiger partial charge on any atom is -0.426 e. The zero-order chi connectivity index (χ0) is 15.5. The Morgan fingerprint density at radius 1 is 1.33 bits per heavy atom. The second kappa shape index (κ2) is 6.57. The summed E-state index contributed by atoms with van der Waals surface area (Å²) in [6, 6.07) is 7.75. The van der Waals surface area contributed by atoms with Crippen molar-refractivity contribution in [2.45, 2.75) is 23.7 Å². The Kier molecular flexibility index (Phi) is 4.99. The van der Waals surface area contributed by atoms with Gasteiger partial charge >= 0.3 is 7.12 Å². The van der Waals surface area contributed by atoms with Gasteiger partial charge in [-0.15, -0.1) is 0 Å². The van der Waals surface area contributed by atoms with E-state index in [0.29, 0.717) is 19.4 Å². The van der Waals surface area contributed by atoms with Gasteiger partial charge in [-0.05, 0) is 25.0 Å². The number of carbonyl (C=O) groups excluding carboxylic acids is 1. The van der Waals surface area contributed by atoms with E-state index in [9.17, 15) is 23.3 Å². The van der Waals surface area contributed by atoms with Gasteiger partial charge in [-0.1, -0.05) is 18.2 Å². The zero-order valence-corrected chi connectivity index (χ0v) is 12.2. The van der Waals surface area contributed by atoms with Crippen molar-refractivity contribution < 1.29 is 23.3 Å². The Hall–Kier alpha value is -1.42. The number of hydrogen-bond acceptors (Lipinski definition) is 5. The monoisotopic (exact) mass is 312 g/mol. The molecule has 0 saturated carbocycles. The van der Waals surface area contributed by atoms with Crippen molar-refractivity contribution in [1.82, 2.24) is 9.62 Å². The minimum absolute atomic E-state index is 0.0814. The van der Waals surface area contributed by atoms with Gasteiger partial charge in [0.15, 0.2) is 0 Å². The second-order valence-corrected chi connectivity index (χ2v) is 6.61. The fourth-order valence-corrected chi connectivity index (χ4v) is 3.35. The average molecular weight is 312 g/mol. The smallest absolute Gasteiger partial charge is 0.426 e. The number of carbonyl (C=O) groups is 1. The van der Waals surface area contributed by atoms with Crippen molar-refractivity contribution >= 4 is 23.0 Å². The highest BCUT2D eigenvalue weighted by Crippen LogP contribution is 2.18. The normalized spacial score (nSPS) is 18.8. The summed E-state index contributed by atoms with van der Waals surface area (Å²) < 4.78 is 26.2. The summed E-state index contributed by atoms with van der Waals surface area (Å²) in [6.07, 6.45) is 1.16. The molecular weight excluding hydrogens is 295 g/mol. The van der Waals surface area contributed by atoms with E-state index in [-0.39, 0.29) is 4.90 Å². The fourth-order valence-electron chi connectivity index (χ4n) is 2.35. The van der Waals surface area contributed by atoms with Gasteiger partial charge in [0.25, 0.3) is 0 Å². The molecule has 1 aromatic rings. The first-order chi connectivity index (χ1) is 9.92. The van der Waals surface area contributed by atoms with Crippen molar-refractivity contribution in [2.75, 3.05) is 13.1 Å². The van der Waals surface area contributed by atoms with E-state index < -0.39 is 35.5 Å². The van der Waals surface area contributed by atoms with Crippen LogP contribution in [0.4, 0.5) is 0 Å². The average Bonchev–Trinajstić information content (AvgIpc) is 2.95. The largest absolute Gasteiger partial charge is 0.475 e. The third-order valence-electron chi connectivity index (χ3n) is 3.43. The van der Waals surface area contributed by atoms with Gasteiger partial charge in [0.05, 0.1) is 17.4 Å². The Balaban J connectivity index is 1.98. The molecule has 1 unspecified atom stereocenters. The van der Waals surface area contributed by atoms with Gasteiger partial charge in [0.2, 0.25) is 15.9 Å². The van der Waals surface area contributed by atoms with Crippen molar-refractivity contribution in [3.63, 3.8) is 0 Å². The van der Waals surface area contributed by atoms with Gasteiger partial charge in [-0.2, -0.15) is 0 Å². The predicted molar refractivity (Wildman–Crippen MR) is 76.6 cm³/mol. The van der Waals surface area contributed by atoms with Crippen molar-refractivity contribution in [3.8, 4) is 0 Å². The summed E-state index contributed by atoms with van der Waals surface area (Å²) in [6.45, 7) is -0.00533. The topological polar surface area (TPSA) is 107 Å². The SMILES string of the molecule is O=C(CNS(=O)(=O)c1ccccc1)N1CCCC1B(O)O. The Morgan fingerprint density at radius 2 is 2.00 bits per heavy atom. The molecule has 0 aliphatic carbocycles. The number of nitrogens with one attached hydrogen (secondary N) is 1. The molecule has 1 aliphatic heterocycles. The summed E-state index contributed by atoms with van der Waals surface area (Å²) in [5.74, 6) is -1.14. The quantitative estimate of drug-likeness (QED) is 0.603. The van der Waals surface area contributed by atoms with E-state index in [4.69, 9.17) is 0 Å². The van der Waals surface area contributed by atoms with E-state index in [2.05, 4.69) is 4.72 Å². The Morgan fingerprint density at radius 3 is 2.62 bits per heavy atom. The van der Waals surface area contributed by atoms with Gasteiger partial charge < -0.3 is 14.9 Å². The van der Waals surface area contributed by atoms with Crippen LogP contribution in [0.5, 0.6) is 0 Å². The lowest BCUT2D eigenvalue weighted by molar-refractivity contribution is -0.129. The molecule has 1 saturated heterocycles. The first-order valence-electron chi connectivity index (χ1n) is 6.62. The molecule has 2 rings (SSSR count). The first-order valence-corrected chi connectivity index (χ1v) is 8.10. The lowest BCUT2D eigenvalue weighted by Gasteiger charge is -2.24. The van der Waals surface area contributed by atoms with E-state index >= 15 is 0 Å². The maximum atomic E-state index is 12.0. The molecular formula is C12H17BN2O5S. The number of amides is 1. The molecule has 1 aliphatic rings. The maximum absolute atomic E-state index is 12.0. The van der Waals surface area contributed by atoms with Crippen molar-refractivity contribution in [2.24, 2.45) is 0 Å². The minimum atomic E-state index is -3.75. The number of hydrogen-bond donors (Lipinski definition) is 3. The number of rotatable bonds is 5. The van der Waals surface area contributed by atoms with Gasteiger partial charge in [-0.3, -0.25) is 4.79 Å². The summed E-state index contributed by atoms with van der Waals surface area (Å²) in [5.41, 5.74) is 0. The third-order valence-corrected chi connectivity index (χ3v) is 4.85. The lowest BCUT2D eigenvalue weighted by Crippen LogP contribution is -2.48. The highest BCUT2D eigenvalue weighted by molar-refractivity contribution is 7.89. The van der Waals surface area contributed by atoms with Crippen LogP contribution in [0.1, 0.15) is 12.8 Å². The molecule has 7 nitrogen and oxygen atoms in total. The molecule has 1 amide bonds.